The van der Waals surface area contributed by atoms with Crippen LogP contribution in [0.25, 0.3) is 0 Å². The molecule has 0 aromatic carbocycles. The second-order valence-corrected chi connectivity index (χ2v) is 10.00. The van der Waals surface area contributed by atoms with E-state index in [1.54, 1.807) is 0 Å². The summed E-state index contributed by atoms with van der Waals surface area (Å²) in [5.41, 5.74) is 0. The maximum atomic E-state index is 5.98. The molecule has 2 heteroatoms. The number of hydrogen-bond acceptors (Lipinski definition) is 1. The topological polar surface area (TPSA) is 9.23 Å². The summed E-state index contributed by atoms with van der Waals surface area (Å²) < 4.78 is 5.98. The summed E-state index contributed by atoms with van der Waals surface area (Å²) in [5, 5.41) is 0. The summed E-state index contributed by atoms with van der Waals surface area (Å²) in [7, 11) is -1.44. The SMILES string of the molecule is C=C(O[Si](C)(C)C)C1CC2C=CC1C2. The van der Waals surface area contributed by atoms with Crippen molar-refractivity contribution in [3.05, 3.63) is 24.5 Å². The minimum Gasteiger partial charge on any atom is -0.548 e. The zero-order valence-corrected chi connectivity index (χ0v) is 10.4. The molecule has 0 amide bonds. The van der Waals surface area contributed by atoms with Crippen LogP contribution in [0.2, 0.25) is 19.6 Å². The monoisotopic (exact) mass is 208 g/mol. The lowest BCUT2D eigenvalue weighted by atomic mass is 9.92. The summed E-state index contributed by atoms with van der Waals surface area (Å²) in [6.45, 7) is 10.8. The van der Waals surface area contributed by atoms with Crippen LogP contribution in [0, 0.1) is 17.8 Å². The Balaban J connectivity index is 1.97. The van der Waals surface area contributed by atoms with Gasteiger partial charge >= 0.3 is 0 Å². The van der Waals surface area contributed by atoms with Gasteiger partial charge in [0, 0.05) is 5.92 Å². The van der Waals surface area contributed by atoms with Gasteiger partial charge in [0.05, 0.1) is 5.76 Å². The van der Waals surface area contributed by atoms with Gasteiger partial charge in [-0.05, 0) is 44.3 Å². The van der Waals surface area contributed by atoms with Gasteiger partial charge in [0.25, 0.3) is 0 Å². The van der Waals surface area contributed by atoms with E-state index in [0.29, 0.717) is 5.92 Å². The van der Waals surface area contributed by atoms with Crippen LogP contribution in [-0.2, 0) is 4.43 Å². The maximum Gasteiger partial charge on any atom is 0.241 e. The van der Waals surface area contributed by atoms with E-state index in [0.717, 1.165) is 17.6 Å². The lowest BCUT2D eigenvalue weighted by Gasteiger charge is -2.27. The molecular formula is C12H20OSi. The minimum atomic E-state index is -1.44. The Labute approximate surface area is 88.0 Å². The summed E-state index contributed by atoms with van der Waals surface area (Å²) in [6.07, 6.45) is 7.32. The number of fused-ring (bicyclic) bond motifs is 2. The molecule has 0 radical (unpaired) electrons. The fraction of sp³-hybridized carbons (Fsp3) is 0.667. The molecule has 2 rings (SSSR count). The maximum absolute atomic E-state index is 5.98. The van der Waals surface area contributed by atoms with Crippen molar-refractivity contribution in [1.82, 2.24) is 0 Å². The molecule has 2 bridgehead atoms. The van der Waals surface area contributed by atoms with Crippen LogP contribution in [0.15, 0.2) is 24.5 Å². The molecule has 0 aliphatic heterocycles. The summed E-state index contributed by atoms with van der Waals surface area (Å²) in [4.78, 5) is 0. The van der Waals surface area contributed by atoms with Crippen LogP contribution >= 0.6 is 0 Å². The molecular weight excluding hydrogens is 188 g/mol. The van der Waals surface area contributed by atoms with Crippen molar-refractivity contribution in [2.24, 2.45) is 17.8 Å². The zero-order chi connectivity index (χ0) is 10.3. The Bertz CT molecular complexity index is 275. The Morgan fingerprint density at radius 2 is 2.00 bits per heavy atom. The van der Waals surface area contributed by atoms with Crippen molar-refractivity contribution in [1.29, 1.82) is 0 Å². The van der Waals surface area contributed by atoms with Crippen molar-refractivity contribution in [3.63, 3.8) is 0 Å². The quantitative estimate of drug-likeness (QED) is 0.391. The normalized spacial score (nSPS) is 34.9. The third-order valence-electron chi connectivity index (χ3n) is 3.13. The average Bonchev–Trinajstić information content (AvgIpc) is 2.59. The van der Waals surface area contributed by atoms with Crippen LogP contribution < -0.4 is 0 Å². The van der Waals surface area contributed by atoms with Crippen molar-refractivity contribution >= 4 is 8.32 Å². The van der Waals surface area contributed by atoms with E-state index in [2.05, 4.69) is 38.4 Å². The van der Waals surface area contributed by atoms with Crippen LogP contribution in [0.4, 0.5) is 0 Å². The minimum absolute atomic E-state index is 0.608. The molecule has 14 heavy (non-hydrogen) atoms. The van der Waals surface area contributed by atoms with Gasteiger partial charge in [0.2, 0.25) is 8.32 Å². The van der Waals surface area contributed by atoms with E-state index in [4.69, 9.17) is 4.43 Å². The Morgan fingerprint density at radius 3 is 2.43 bits per heavy atom. The predicted octanol–water partition coefficient (Wildman–Crippen LogP) is 3.56. The molecule has 1 nitrogen and oxygen atoms in total. The molecule has 0 spiro atoms. The van der Waals surface area contributed by atoms with E-state index < -0.39 is 8.32 Å². The van der Waals surface area contributed by atoms with Gasteiger partial charge in [0.15, 0.2) is 0 Å². The molecule has 1 saturated carbocycles. The first-order chi connectivity index (χ1) is 6.46. The van der Waals surface area contributed by atoms with Gasteiger partial charge < -0.3 is 4.43 Å². The van der Waals surface area contributed by atoms with Crippen molar-refractivity contribution in [3.8, 4) is 0 Å². The first kappa shape index (κ1) is 10.0. The van der Waals surface area contributed by atoms with E-state index in [1.807, 2.05) is 0 Å². The highest BCUT2D eigenvalue weighted by molar-refractivity contribution is 6.70. The molecule has 0 aromatic heterocycles. The van der Waals surface area contributed by atoms with Gasteiger partial charge in [0.1, 0.15) is 0 Å². The Hall–Kier alpha value is -0.503. The number of allylic oxidation sites excluding steroid dienone is 3. The van der Waals surface area contributed by atoms with Crippen molar-refractivity contribution in [2.45, 2.75) is 32.5 Å². The van der Waals surface area contributed by atoms with Crippen molar-refractivity contribution < 1.29 is 4.43 Å². The van der Waals surface area contributed by atoms with E-state index in [1.165, 1.54) is 12.8 Å². The molecule has 78 valence electrons. The van der Waals surface area contributed by atoms with Gasteiger partial charge in [-0.15, -0.1) is 0 Å². The van der Waals surface area contributed by atoms with Crippen LogP contribution in [-0.4, -0.2) is 8.32 Å². The van der Waals surface area contributed by atoms with Crippen molar-refractivity contribution in [2.75, 3.05) is 0 Å². The third kappa shape index (κ3) is 1.95. The first-order valence-electron chi connectivity index (χ1n) is 5.52. The zero-order valence-electron chi connectivity index (χ0n) is 9.42. The van der Waals surface area contributed by atoms with Crippen LogP contribution in [0.1, 0.15) is 12.8 Å². The molecule has 0 heterocycles. The van der Waals surface area contributed by atoms with Gasteiger partial charge in [-0.2, -0.15) is 0 Å². The molecule has 1 fully saturated rings. The lowest BCUT2D eigenvalue weighted by Crippen LogP contribution is -2.27. The molecule has 3 unspecified atom stereocenters. The standard InChI is InChI=1S/C12H20OSi/c1-9(13-14(2,3)4)12-8-10-5-6-11(12)7-10/h5-6,10-12H,1,7-8H2,2-4H3. The van der Waals surface area contributed by atoms with Crippen LogP contribution in [0.3, 0.4) is 0 Å². The van der Waals surface area contributed by atoms with Gasteiger partial charge in [-0.1, -0.05) is 18.7 Å². The van der Waals surface area contributed by atoms with E-state index >= 15 is 0 Å². The Morgan fingerprint density at radius 1 is 1.29 bits per heavy atom. The molecule has 0 aromatic rings. The lowest BCUT2D eigenvalue weighted by molar-refractivity contribution is 0.318. The summed E-state index contributed by atoms with van der Waals surface area (Å²) in [6, 6.07) is 0. The second kappa shape index (κ2) is 3.26. The highest BCUT2D eigenvalue weighted by Gasteiger charge is 2.38. The number of rotatable bonds is 3. The highest BCUT2D eigenvalue weighted by atomic mass is 28.4. The van der Waals surface area contributed by atoms with E-state index in [-0.39, 0.29) is 0 Å². The largest absolute Gasteiger partial charge is 0.548 e. The smallest absolute Gasteiger partial charge is 0.241 e. The number of hydrogen-bond donors (Lipinski definition) is 0. The van der Waals surface area contributed by atoms with Gasteiger partial charge in [-0.3, -0.25) is 0 Å². The third-order valence-corrected chi connectivity index (χ3v) is 4.00. The fourth-order valence-electron chi connectivity index (χ4n) is 2.62. The molecule has 2 aliphatic rings. The molecule has 0 N–H and O–H groups in total. The Kier molecular flexibility index (Phi) is 2.34. The molecule has 0 saturated heterocycles. The average molecular weight is 208 g/mol. The summed E-state index contributed by atoms with van der Waals surface area (Å²) >= 11 is 0. The highest BCUT2D eigenvalue weighted by Crippen LogP contribution is 2.46. The summed E-state index contributed by atoms with van der Waals surface area (Å²) in [5.74, 6) is 3.20. The first-order valence-corrected chi connectivity index (χ1v) is 8.93. The van der Waals surface area contributed by atoms with Gasteiger partial charge in [-0.25, -0.2) is 0 Å². The molecule has 2 aliphatic carbocycles. The predicted molar refractivity (Wildman–Crippen MR) is 62.4 cm³/mol. The van der Waals surface area contributed by atoms with E-state index in [9.17, 15) is 0 Å². The van der Waals surface area contributed by atoms with Crippen LogP contribution in [0.5, 0.6) is 0 Å². The molecule has 3 atom stereocenters. The second-order valence-electron chi connectivity index (χ2n) is 5.57. The fourth-order valence-corrected chi connectivity index (χ4v) is 3.56.